The summed E-state index contributed by atoms with van der Waals surface area (Å²) in [6, 6.07) is 0.00926. The quantitative estimate of drug-likeness (QED) is 0.410. The predicted octanol–water partition coefficient (Wildman–Crippen LogP) is -0.518. The smallest absolute Gasteiger partial charge is 0.324 e. The standard InChI is InChI=1S/C7H12N2O4/c10-6(8-12)3-1-5-2-4-7(11)13-9-5/h5,9,12H,1-4H2,(H,8,10). The molecule has 0 spiro atoms. The number of hydroxylamine groups is 2. The van der Waals surface area contributed by atoms with Gasteiger partial charge in [-0.2, -0.15) is 5.48 Å². The van der Waals surface area contributed by atoms with Crippen molar-refractivity contribution in [3.8, 4) is 0 Å². The van der Waals surface area contributed by atoms with Crippen LogP contribution in [0.4, 0.5) is 0 Å². The molecular weight excluding hydrogens is 176 g/mol. The highest BCUT2D eigenvalue weighted by Gasteiger charge is 2.19. The largest absolute Gasteiger partial charge is 0.370 e. The first kappa shape index (κ1) is 9.94. The minimum Gasteiger partial charge on any atom is -0.370 e. The Balaban J connectivity index is 2.15. The Kier molecular flexibility index (Phi) is 3.66. The van der Waals surface area contributed by atoms with E-state index in [4.69, 9.17) is 5.21 Å². The molecule has 1 aliphatic rings. The van der Waals surface area contributed by atoms with Crippen LogP contribution in [0.1, 0.15) is 25.7 Å². The fourth-order valence-electron chi connectivity index (χ4n) is 1.12. The fraction of sp³-hybridized carbons (Fsp3) is 0.714. The average molecular weight is 188 g/mol. The molecule has 13 heavy (non-hydrogen) atoms. The molecule has 74 valence electrons. The maximum Gasteiger partial charge on any atom is 0.324 e. The van der Waals surface area contributed by atoms with Crippen molar-refractivity contribution in [2.24, 2.45) is 0 Å². The predicted molar refractivity (Wildman–Crippen MR) is 41.4 cm³/mol. The van der Waals surface area contributed by atoms with Gasteiger partial charge in [-0.05, 0) is 12.8 Å². The summed E-state index contributed by atoms with van der Waals surface area (Å²) in [4.78, 5) is 25.8. The van der Waals surface area contributed by atoms with Crippen LogP contribution in [0.25, 0.3) is 0 Å². The Labute approximate surface area is 75.2 Å². The van der Waals surface area contributed by atoms with Crippen molar-refractivity contribution in [1.82, 2.24) is 11.0 Å². The van der Waals surface area contributed by atoms with Gasteiger partial charge in [0.1, 0.15) is 0 Å². The monoisotopic (exact) mass is 188 g/mol. The van der Waals surface area contributed by atoms with E-state index in [2.05, 4.69) is 10.3 Å². The lowest BCUT2D eigenvalue weighted by molar-refractivity contribution is -0.158. The van der Waals surface area contributed by atoms with Crippen molar-refractivity contribution >= 4 is 11.9 Å². The number of hydrogen-bond acceptors (Lipinski definition) is 5. The molecule has 0 saturated carbocycles. The first-order valence-electron chi connectivity index (χ1n) is 4.10. The zero-order chi connectivity index (χ0) is 9.68. The number of carbonyl (C=O) groups excluding carboxylic acids is 2. The van der Waals surface area contributed by atoms with E-state index in [1.807, 2.05) is 0 Å². The van der Waals surface area contributed by atoms with Crippen molar-refractivity contribution in [3.63, 3.8) is 0 Å². The molecule has 1 atom stereocenters. The molecule has 1 heterocycles. The summed E-state index contributed by atoms with van der Waals surface area (Å²) in [7, 11) is 0. The summed E-state index contributed by atoms with van der Waals surface area (Å²) in [5.74, 6) is -0.707. The highest BCUT2D eigenvalue weighted by Crippen LogP contribution is 2.10. The average Bonchev–Trinajstić information content (AvgIpc) is 2.16. The van der Waals surface area contributed by atoms with Gasteiger partial charge in [0.2, 0.25) is 5.91 Å². The van der Waals surface area contributed by atoms with Gasteiger partial charge >= 0.3 is 5.97 Å². The van der Waals surface area contributed by atoms with Crippen LogP contribution < -0.4 is 11.0 Å². The number of hydrogen-bond donors (Lipinski definition) is 3. The van der Waals surface area contributed by atoms with Crippen molar-refractivity contribution in [3.05, 3.63) is 0 Å². The van der Waals surface area contributed by atoms with Crippen molar-refractivity contribution in [2.45, 2.75) is 31.7 Å². The summed E-state index contributed by atoms with van der Waals surface area (Å²) in [6.45, 7) is 0. The lowest BCUT2D eigenvalue weighted by Crippen LogP contribution is -2.37. The number of rotatable bonds is 3. The van der Waals surface area contributed by atoms with Crippen LogP contribution in [0, 0.1) is 0 Å². The SMILES string of the molecule is O=C(CCC1CCC(=O)ON1)NO. The van der Waals surface area contributed by atoms with E-state index in [1.54, 1.807) is 0 Å². The number of amides is 1. The van der Waals surface area contributed by atoms with Crippen molar-refractivity contribution < 1.29 is 19.6 Å². The third-order valence-electron chi connectivity index (χ3n) is 1.88. The Morgan fingerprint density at radius 1 is 1.77 bits per heavy atom. The van der Waals surface area contributed by atoms with Crippen LogP contribution in [0.15, 0.2) is 0 Å². The molecule has 1 aliphatic heterocycles. The summed E-state index contributed by atoms with van der Waals surface area (Å²) in [5, 5.41) is 8.20. The first-order valence-corrected chi connectivity index (χ1v) is 4.10. The highest BCUT2D eigenvalue weighted by molar-refractivity contribution is 5.74. The van der Waals surface area contributed by atoms with Gasteiger partial charge in [-0.25, -0.2) is 5.48 Å². The van der Waals surface area contributed by atoms with Gasteiger partial charge in [0.15, 0.2) is 0 Å². The molecular formula is C7H12N2O4. The van der Waals surface area contributed by atoms with Crippen LogP contribution in [0.5, 0.6) is 0 Å². The third-order valence-corrected chi connectivity index (χ3v) is 1.88. The van der Waals surface area contributed by atoms with E-state index in [9.17, 15) is 9.59 Å². The minimum atomic E-state index is -0.432. The van der Waals surface area contributed by atoms with Gasteiger partial charge in [0, 0.05) is 18.9 Å². The van der Waals surface area contributed by atoms with E-state index in [-0.39, 0.29) is 18.4 Å². The fourth-order valence-corrected chi connectivity index (χ4v) is 1.12. The molecule has 0 aromatic rings. The first-order chi connectivity index (χ1) is 6.22. The molecule has 1 amide bonds. The van der Waals surface area contributed by atoms with Crippen LogP contribution in [-0.2, 0) is 14.4 Å². The van der Waals surface area contributed by atoms with Gasteiger partial charge < -0.3 is 4.84 Å². The maximum atomic E-state index is 10.6. The lowest BCUT2D eigenvalue weighted by atomic mass is 10.1. The summed E-state index contributed by atoms with van der Waals surface area (Å²) in [5.41, 5.74) is 4.08. The van der Waals surface area contributed by atoms with E-state index in [1.165, 1.54) is 5.48 Å². The van der Waals surface area contributed by atoms with Crippen molar-refractivity contribution in [2.75, 3.05) is 0 Å². The van der Waals surface area contributed by atoms with Gasteiger partial charge in [0.05, 0.1) is 0 Å². The van der Waals surface area contributed by atoms with E-state index in [0.29, 0.717) is 19.3 Å². The molecule has 6 heteroatoms. The molecule has 6 nitrogen and oxygen atoms in total. The topological polar surface area (TPSA) is 87.7 Å². The molecule has 0 bridgehead atoms. The minimum absolute atomic E-state index is 0.00926. The summed E-state index contributed by atoms with van der Waals surface area (Å²) in [6.07, 6.45) is 1.79. The van der Waals surface area contributed by atoms with E-state index >= 15 is 0 Å². The van der Waals surface area contributed by atoms with E-state index < -0.39 is 5.91 Å². The molecule has 0 radical (unpaired) electrons. The molecule has 1 unspecified atom stereocenters. The molecule has 0 aromatic carbocycles. The third kappa shape index (κ3) is 3.39. The van der Waals surface area contributed by atoms with Crippen LogP contribution in [0.2, 0.25) is 0 Å². The normalized spacial score (nSPS) is 22.2. The molecule has 3 N–H and O–H groups in total. The molecule has 0 aliphatic carbocycles. The summed E-state index contributed by atoms with van der Waals surface area (Å²) < 4.78 is 0. The van der Waals surface area contributed by atoms with Gasteiger partial charge in [0.25, 0.3) is 0 Å². The number of carbonyl (C=O) groups is 2. The zero-order valence-electron chi connectivity index (χ0n) is 7.08. The van der Waals surface area contributed by atoms with E-state index in [0.717, 1.165) is 0 Å². The highest BCUT2D eigenvalue weighted by atomic mass is 16.7. The number of nitrogens with one attached hydrogen (secondary N) is 2. The Morgan fingerprint density at radius 3 is 3.08 bits per heavy atom. The maximum absolute atomic E-state index is 10.6. The van der Waals surface area contributed by atoms with Crippen LogP contribution >= 0.6 is 0 Å². The van der Waals surface area contributed by atoms with Gasteiger partial charge in [-0.15, -0.1) is 0 Å². The summed E-state index contributed by atoms with van der Waals surface area (Å²) >= 11 is 0. The second kappa shape index (κ2) is 4.78. The van der Waals surface area contributed by atoms with Gasteiger partial charge in [-0.1, -0.05) is 0 Å². The molecule has 1 fully saturated rings. The Hall–Kier alpha value is -1.14. The second-order valence-corrected chi connectivity index (χ2v) is 2.90. The molecule has 1 rings (SSSR count). The van der Waals surface area contributed by atoms with Crippen LogP contribution in [-0.4, -0.2) is 23.1 Å². The van der Waals surface area contributed by atoms with Crippen LogP contribution in [0.3, 0.4) is 0 Å². The lowest BCUT2D eigenvalue weighted by Gasteiger charge is -2.21. The van der Waals surface area contributed by atoms with Gasteiger partial charge in [-0.3, -0.25) is 14.8 Å². The zero-order valence-corrected chi connectivity index (χ0v) is 7.08. The Morgan fingerprint density at radius 2 is 2.54 bits per heavy atom. The molecule has 0 aromatic heterocycles. The Bertz CT molecular complexity index is 197. The second-order valence-electron chi connectivity index (χ2n) is 2.90. The van der Waals surface area contributed by atoms with Crippen molar-refractivity contribution in [1.29, 1.82) is 0 Å². The molecule has 1 saturated heterocycles.